The van der Waals surface area contributed by atoms with Crippen LogP contribution in [0.15, 0.2) is 85.1 Å². The minimum absolute atomic E-state index is 0.0986. The molecule has 0 aromatic heterocycles. The van der Waals surface area contributed by atoms with E-state index in [1.165, 1.54) is 57.8 Å². The molecule has 0 spiro atoms. The molecule has 54 heavy (non-hydrogen) atoms. The number of unbranched alkanes of at least 4 members (excludes halogenated alkanes) is 16. The van der Waals surface area contributed by atoms with E-state index in [9.17, 15) is 14.4 Å². The van der Waals surface area contributed by atoms with Crippen LogP contribution in [0.2, 0.25) is 0 Å². The fourth-order valence-electron chi connectivity index (χ4n) is 5.51. The molecule has 0 rings (SSSR count). The maximum atomic E-state index is 12.6. The standard InChI is InChI=1S/C48H78O6/c1-4-7-10-13-16-19-20-21-22-23-24-25-26-27-30-32-35-38-41-47(50)53-44-45(54-48(51)42-39-36-33-29-18-15-12-9-6-3)43-52-46(49)40-37-34-31-28-17-14-11-8-5-2/h9,12,16,18-25,29,36,39,45H,4-8,10-11,13-15,17,26-28,30-35,37-38,40-44H2,1-3H3/b12-9-,19-16-,21-20-,23-22-,25-24-,29-18-,39-36-. The Morgan fingerprint density at radius 1 is 0.426 bits per heavy atom. The zero-order valence-corrected chi connectivity index (χ0v) is 34.7. The topological polar surface area (TPSA) is 78.9 Å². The smallest absolute Gasteiger partial charge is 0.310 e. The predicted octanol–water partition coefficient (Wildman–Crippen LogP) is 13.7. The molecule has 0 saturated heterocycles. The van der Waals surface area contributed by atoms with Gasteiger partial charge in [0.05, 0.1) is 6.42 Å². The van der Waals surface area contributed by atoms with Gasteiger partial charge in [0.25, 0.3) is 0 Å². The first-order chi connectivity index (χ1) is 26.5. The van der Waals surface area contributed by atoms with E-state index in [2.05, 4.69) is 93.7 Å². The summed E-state index contributed by atoms with van der Waals surface area (Å²) in [6, 6.07) is 0. The Morgan fingerprint density at radius 3 is 1.35 bits per heavy atom. The number of carbonyl (C=O) groups is 3. The highest BCUT2D eigenvalue weighted by Gasteiger charge is 2.19. The van der Waals surface area contributed by atoms with Gasteiger partial charge in [-0.1, -0.05) is 189 Å². The molecule has 6 heteroatoms. The summed E-state index contributed by atoms with van der Waals surface area (Å²) in [5.74, 6) is -1.08. The van der Waals surface area contributed by atoms with Gasteiger partial charge < -0.3 is 14.2 Å². The maximum Gasteiger partial charge on any atom is 0.310 e. The molecule has 0 fully saturated rings. The molecule has 0 aliphatic carbocycles. The second-order valence-electron chi connectivity index (χ2n) is 14.0. The fraction of sp³-hybridized carbons (Fsp3) is 0.646. The van der Waals surface area contributed by atoms with Gasteiger partial charge in [-0.15, -0.1) is 0 Å². The normalized spacial score (nSPS) is 12.9. The van der Waals surface area contributed by atoms with Gasteiger partial charge in [0.2, 0.25) is 0 Å². The number of hydrogen-bond donors (Lipinski definition) is 0. The molecule has 306 valence electrons. The van der Waals surface area contributed by atoms with Crippen LogP contribution in [0.3, 0.4) is 0 Å². The lowest BCUT2D eigenvalue weighted by molar-refractivity contribution is -0.166. The van der Waals surface area contributed by atoms with Crippen molar-refractivity contribution < 1.29 is 28.6 Å². The van der Waals surface area contributed by atoms with Crippen molar-refractivity contribution in [2.45, 2.75) is 187 Å². The van der Waals surface area contributed by atoms with Crippen molar-refractivity contribution in [1.29, 1.82) is 0 Å². The summed E-state index contributed by atoms with van der Waals surface area (Å²) in [6.07, 6.45) is 53.1. The summed E-state index contributed by atoms with van der Waals surface area (Å²) in [5, 5.41) is 0. The van der Waals surface area contributed by atoms with Gasteiger partial charge in [0.1, 0.15) is 13.2 Å². The summed E-state index contributed by atoms with van der Waals surface area (Å²) in [7, 11) is 0. The van der Waals surface area contributed by atoms with E-state index in [1.807, 2.05) is 6.08 Å². The van der Waals surface area contributed by atoms with E-state index in [-0.39, 0.29) is 31.6 Å². The number of esters is 3. The van der Waals surface area contributed by atoms with Crippen molar-refractivity contribution in [3.8, 4) is 0 Å². The zero-order chi connectivity index (χ0) is 39.4. The molecule has 0 aromatic rings. The van der Waals surface area contributed by atoms with Crippen LogP contribution in [-0.4, -0.2) is 37.2 Å². The van der Waals surface area contributed by atoms with Gasteiger partial charge >= 0.3 is 17.9 Å². The number of ether oxygens (including phenoxy) is 3. The lowest BCUT2D eigenvalue weighted by atomic mass is 10.1. The van der Waals surface area contributed by atoms with Gasteiger partial charge in [-0.2, -0.15) is 0 Å². The molecule has 0 heterocycles. The molecule has 0 amide bonds. The lowest BCUT2D eigenvalue weighted by Crippen LogP contribution is -2.30. The molecule has 0 N–H and O–H groups in total. The summed E-state index contributed by atoms with van der Waals surface area (Å²) in [6.45, 7) is 6.31. The molecular weight excluding hydrogens is 673 g/mol. The van der Waals surface area contributed by atoms with Crippen LogP contribution < -0.4 is 0 Å². The summed E-state index contributed by atoms with van der Waals surface area (Å²) >= 11 is 0. The first-order valence-corrected chi connectivity index (χ1v) is 21.6. The van der Waals surface area contributed by atoms with E-state index in [0.29, 0.717) is 12.8 Å². The third kappa shape index (κ3) is 39.8. The van der Waals surface area contributed by atoms with Crippen molar-refractivity contribution in [3.63, 3.8) is 0 Å². The van der Waals surface area contributed by atoms with Crippen LogP contribution in [0, 0.1) is 0 Å². The Balaban J connectivity index is 4.44. The summed E-state index contributed by atoms with van der Waals surface area (Å²) in [5.41, 5.74) is 0. The predicted molar refractivity (Wildman–Crippen MR) is 228 cm³/mol. The second-order valence-corrected chi connectivity index (χ2v) is 14.0. The number of allylic oxidation sites excluding steroid dienone is 13. The van der Waals surface area contributed by atoms with E-state index in [4.69, 9.17) is 14.2 Å². The highest BCUT2D eigenvalue weighted by atomic mass is 16.6. The Morgan fingerprint density at radius 2 is 0.833 bits per heavy atom. The van der Waals surface area contributed by atoms with Crippen LogP contribution in [-0.2, 0) is 28.6 Å². The molecule has 0 aliphatic rings. The molecule has 0 aliphatic heterocycles. The molecule has 0 saturated carbocycles. The van der Waals surface area contributed by atoms with E-state index in [1.54, 1.807) is 6.08 Å². The average molecular weight is 751 g/mol. The van der Waals surface area contributed by atoms with Crippen LogP contribution in [0.1, 0.15) is 181 Å². The Hall–Kier alpha value is -3.41. The molecule has 1 atom stereocenters. The highest BCUT2D eigenvalue weighted by molar-refractivity contribution is 5.72. The van der Waals surface area contributed by atoms with E-state index < -0.39 is 12.1 Å². The van der Waals surface area contributed by atoms with Crippen LogP contribution >= 0.6 is 0 Å². The van der Waals surface area contributed by atoms with Crippen LogP contribution in [0.4, 0.5) is 0 Å². The third-order valence-electron chi connectivity index (χ3n) is 8.76. The molecular formula is C48H78O6. The van der Waals surface area contributed by atoms with Crippen molar-refractivity contribution >= 4 is 17.9 Å². The summed E-state index contributed by atoms with van der Waals surface area (Å²) in [4.78, 5) is 37.5. The van der Waals surface area contributed by atoms with Gasteiger partial charge in [0, 0.05) is 12.8 Å². The van der Waals surface area contributed by atoms with Crippen LogP contribution in [0.25, 0.3) is 0 Å². The molecule has 0 radical (unpaired) electrons. The summed E-state index contributed by atoms with van der Waals surface area (Å²) < 4.78 is 16.5. The van der Waals surface area contributed by atoms with Crippen molar-refractivity contribution in [2.75, 3.05) is 13.2 Å². The van der Waals surface area contributed by atoms with Gasteiger partial charge in [-0.25, -0.2) is 0 Å². The van der Waals surface area contributed by atoms with Gasteiger partial charge in [-0.3, -0.25) is 14.4 Å². The van der Waals surface area contributed by atoms with E-state index >= 15 is 0 Å². The molecule has 6 nitrogen and oxygen atoms in total. The number of carbonyl (C=O) groups excluding carboxylic acids is 3. The first kappa shape index (κ1) is 50.6. The monoisotopic (exact) mass is 751 g/mol. The first-order valence-electron chi connectivity index (χ1n) is 21.6. The van der Waals surface area contributed by atoms with Crippen molar-refractivity contribution in [2.24, 2.45) is 0 Å². The fourth-order valence-corrected chi connectivity index (χ4v) is 5.51. The Kier molecular flexibility index (Phi) is 39.7. The SMILES string of the molecule is CC/C=C\C/C=C\C/C=C\CC(=O)OC(COC(=O)CCCCCCC\C=C/C=C\C=C/C=C\CCCCC)COC(=O)CCCCCCCCCCC. The quantitative estimate of drug-likeness (QED) is 0.0207. The second kappa shape index (κ2) is 42.3. The van der Waals surface area contributed by atoms with Gasteiger partial charge in [-0.05, 0) is 57.8 Å². The van der Waals surface area contributed by atoms with Crippen molar-refractivity contribution in [3.05, 3.63) is 85.1 Å². The van der Waals surface area contributed by atoms with E-state index in [0.717, 1.165) is 83.5 Å². The molecule has 0 bridgehead atoms. The Bertz CT molecular complexity index is 1090. The minimum atomic E-state index is -0.830. The average Bonchev–Trinajstić information content (AvgIpc) is 3.17. The number of rotatable bonds is 37. The Labute approximate surface area is 331 Å². The zero-order valence-electron chi connectivity index (χ0n) is 34.7. The minimum Gasteiger partial charge on any atom is -0.462 e. The highest BCUT2D eigenvalue weighted by Crippen LogP contribution is 2.12. The molecule has 0 aromatic carbocycles. The van der Waals surface area contributed by atoms with Crippen LogP contribution in [0.5, 0.6) is 0 Å². The van der Waals surface area contributed by atoms with Gasteiger partial charge in [0.15, 0.2) is 6.10 Å². The largest absolute Gasteiger partial charge is 0.462 e. The molecule has 1 unspecified atom stereocenters. The van der Waals surface area contributed by atoms with Crippen molar-refractivity contribution in [1.82, 2.24) is 0 Å². The number of hydrogen-bond acceptors (Lipinski definition) is 6. The maximum absolute atomic E-state index is 12.6. The third-order valence-corrected chi connectivity index (χ3v) is 8.76. The lowest BCUT2D eigenvalue weighted by Gasteiger charge is -2.18.